The third-order valence-corrected chi connectivity index (χ3v) is 5.40. The number of amides is 2. The van der Waals surface area contributed by atoms with Crippen molar-refractivity contribution in [2.24, 2.45) is 0 Å². The summed E-state index contributed by atoms with van der Waals surface area (Å²) in [5.41, 5.74) is 1.36. The molecule has 2 aromatic rings. The van der Waals surface area contributed by atoms with Crippen LogP contribution in [0.2, 0.25) is 15.1 Å². The molecule has 1 aliphatic heterocycles. The van der Waals surface area contributed by atoms with E-state index in [0.29, 0.717) is 33.0 Å². The van der Waals surface area contributed by atoms with Gasteiger partial charge in [0.15, 0.2) is 0 Å². The number of halogens is 3. The van der Waals surface area contributed by atoms with Crippen molar-refractivity contribution in [3.63, 3.8) is 0 Å². The van der Waals surface area contributed by atoms with Crippen LogP contribution in [0.25, 0.3) is 6.08 Å². The highest BCUT2D eigenvalue weighted by Gasteiger charge is 2.35. The zero-order chi connectivity index (χ0) is 19.6. The van der Waals surface area contributed by atoms with Gasteiger partial charge in [0, 0.05) is 15.6 Å². The van der Waals surface area contributed by atoms with E-state index < -0.39 is 0 Å². The van der Waals surface area contributed by atoms with E-state index >= 15 is 0 Å². The third-order valence-electron chi connectivity index (χ3n) is 3.74. The highest BCUT2D eigenvalue weighted by Crippen LogP contribution is 2.38. The summed E-state index contributed by atoms with van der Waals surface area (Å²) in [4.78, 5) is 26.5. The molecule has 2 aromatic carbocycles. The topological polar surface area (TPSA) is 46.6 Å². The van der Waals surface area contributed by atoms with Gasteiger partial charge in [0.25, 0.3) is 11.1 Å². The number of hydrogen-bond acceptors (Lipinski definition) is 4. The number of imide groups is 1. The maximum absolute atomic E-state index is 12.7. The van der Waals surface area contributed by atoms with Gasteiger partial charge in [0.1, 0.15) is 5.75 Å². The molecule has 0 bridgehead atoms. The molecule has 4 nitrogen and oxygen atoms in total. The highest BCUT2D eigenvalue weighted by atomic mass is 35.5. The van der Waals surface area contributed by atoms with Gasteiger partial charge in [0.05, 0.1) is 23.1 Å². The first-order valence-electron chi connectivity index (χ1n) is 8.00. The summed E-state index contributed by atoms with van der Waals surface area (Å²) in [6, 6.07) is 10.2. The normalized spacial score (nSPS) is 15.7. The zero-order valence-electron chi connectivity index (χ0n) is 14.2. The molecule has 1 fully saturated rings. The molecule has 1 heterocycles. The molecule has 0 unspecified atom stereocenters. The average molecular weight is 443 g/mol. The summed E-state index contributed by atoms with van der Waals surface area (Å²) < 4.78 is 5.56. The van der Waals surface area contributed by atoms with Crippen molar-refractivity contribution in [1.29, 1.82) is 0 Å². The molecule has 3 rings (SSSR count). The first-order valence-corrected chi connectivity index (χ1v) is 9.95. The molecule has 0 aliphatic carbocycles. The molecule has 0 aromatic heterocycles. The van der Waals surface area contributed by atoms with Crippen LogP contribution in [0, 0.1) is 0 Å². The molecule has 1 aliphatic rings. The van der Waals surface area contributed by atoms with Crippen LogP contribution in [0.4, 0.5) is 4.79 Å². The van der Waals surface area contributed by atoms with Crippen molar-refractivity contribution in [3.05, 3.63) is 67.5 Å². The second-order valence-electron chi connectivity index (χ2n) is 5.63. The van der Waals surface area contributed by atoms with Gasteiger partial charge in [-0.05, 0) is 54.6 Å². The van der Waals surface area contributed by atoms with Crippen molar-refractivity contribution in [1.82, 2.24) is 4.90 Å². The molecule has 0 spiro atoms. The van der Waals surface area contributed by atoms with Crippen molar-refractivity contribution < 1.29 is 14.3 Å². The van der Waals surface area contributed by atoms with Crippen LogP contribution in [-0.4, -0.2) is 22.7 Å². The van der Waals surface area contributed by atoms with Crippen LogP contribution < -0.4 is 4.74 Å². The zero-order valence-corrected chi connectivity index (χ0v) is 17.3. The van der Waals surface area contributed by atoms with E-state index in [1.54, 1.807) is 42.5 Å². The Morgan fingerprint density at radius 3 is 2.44 bits per heavy atom. The minimum absolute atomic E-state index is 0.174. The van der Waals surface area contributed by atoms with Crippen LogP contribution in [0.15, 0.2) is 41.3 Å². The molecule has 140 valence electrons. The molecule has 0 N–H and O–H groups in total. The van der Waals surface area contributed by atoms with Crippen LogP contribution in [0.3, 0.4) is 0 Å². The van der Waals surface area contributed by atoms with Crippen molar-refractivity contribution in [2.45, 2.75) is 13.5 Å². The summed E-state index contributed by atoms with van der Waals surface area (Å²) in [6.45, 7) is 2.41. The highest BCUT2D eigenvalue weighted by molar-refractivity contribution is 8.18. The summed E-state index contributed by atoms with van der Waals surface area (Å²) in [6.07, 6.45) is 1.58. The van der Waals surface area contributed by atoms with Gasteiger partial charge >= 0.3 is 0 Å². The van der Waals surface area contributed by atoms with E-state index in [9.17, 15) is 9.59 Å². The fraction of sp³-hybridized carbons (Fsp3) is 0.158. The van der Waals surface area contributed by atoms with Gasteiger partial charge in [-0.2, -0.15) is 0 Å². The number of hydrogen-bond donors (Lipinski definition) is 0. The number of nitrogens with zero attached hydrogens (tertiary/aromatic N) is 1. The van der Waals surface area contributed by atoms with E-state index in [-0.39, 0.29) is 22.6 Å². The van der Waals surface area contributed by atoms with Crippen molar-refractivity contribution in [3.8, 4) is 5.75 Å². The van der Waals surface area contributed by atoms with Gasteiger partial charge in [-0.1, -0.05) is 46.9 Å². The predicted molar refractivity (Wildman–Crippen MR) is 111 cm³/mol. The van der Waals surface area contributed by atoms with Gasteiger partial charge in [-0.15, -0.1) is 0 Å². The molecule has 0 saturated carbocycles. The van der Waals surface area contributed by atoms with Crippen LogP contribution >= 0.6 is 46.6 Å². The monoisotopic (exact) mass is 441 g/mol. The van der Waals surface area contributed by atoms with Gasteiger partial charge in [-0.25, -0.2) is 0 Å². The lowest BCUT2D eigenvalue weighted by atomic mass is 10.1. The van der Waals surface area contributed by atoms with Gasteiger partial charge < -0.3 is 4.74 Å². The maximum Gasteiger partial charge on any atom is 0.293 e. The SMILES string of the molecule is CCOc1c(Cl)cc(Cl)cc1/C=C1\SC(=O)N(Cc2ccc(Cl)cc2)C1=O. The molecule has 27 heavy (non-hydrogen) atoms. The second kappa shape index (κ2) is 8.57. The lowest BCUT2D eigenvalue weighted by Gasteiger charge is -2.12. The van der Waals surface area contributed by atoms with E-state index in [0.717, 1.165) is 17.3 Å². The lowest BCUT2D eigenvalue weighted by Crippen LogP contribution is -2.27. The number of carbonyl (C=O) groups is 2. The lowest BCUT2D eigenvalue weighted by molar-refractivity contribution is -0.123. The average Bonchev–Trinajstić information content (AvgIpc) is 2.87. The fourth-order valence-electron chi connectivity index (χ4n) is 2.53. The molecule has 0 radical (unpaired) electrons. The number of benzene rings is 2. The molecular formula is C19H14Cl3NO3S. The third kappa shape index (κ3) is 4.61. The number of carbonyl (C=O) groups excluding carboxylic acids is 2. The Balaban J connectivity index is 1.89. The first-order chi connectivity index (χ1) is 12.9. The summed E-state index contributed by atoms with van der Waals surface area (Å²) in [5, 5.41) is 1.01. The van der Waals surface area contributed by atoms with Gasteiger partial charge in [-0.3, -0.25) is 14.5 Å². The predicted octanol–water partition coefficient (Wildman–Crippen LogP) is 6.28. The second-order valence-corrected chi connectivity index (χ2v) is 7.91. The smallest absolute Gasteiger partial charge is 0.293 e. The Labute approximate surface area is 176 Å². The first kappa shape index (κ1) is 20.1. The summed E-state index contributed by atoms with van der Waals surface area (Å²) >= 11 is 19.0. The van der Waals surface area contributed by atoms with Crippen molar-refractivity contribution in [2.75, 3.05) is 6.61 Å². The molecule has 2 amide bonds. The van der Waals surface area contributed by atoms with Gasteiger partial charge in [0.2, 0.25) is 0 Å². The Morgan fingerprint density at radius 2 is 1.78 bits per heavy atom. The van der Waals surface area contributed by atoms with E-state index in [4.69, 9.17) is 39.5 Å². The molecule has 1 saturated heterocycles. The standard InChI is InChI=1S/C19H14Cl3NO3S/c1-2-26-17-12(7-14(21)9-15(17)22)8-16-18(24)23(19(25)27-16)10-11-3-5-13(20)6-4-11/h3-9H,2,10H2,1H3/b16-8-. The minimum Gasteiger partial charge on any atom is -0.492 e. The maximum atomic E-state index is 12.7. The summed E-state index contributed by atoms with van der Waals surface area (Å²) in [7, 11) is 0. The number of thioether (sulfide) groups is 1. The fourth-order valence-corrected chi connectivity index (χ4v) is 4.05. The number of ether oxygens (including phenoxy) is 1. The molecular weight excluding hydrogens is 429 g/mol. The number of rotatable bonds is 5. The Morgan fingerprint density at radius 1 is 1.07 bits per heavy atom. The van der Waals surface area contributed by atoms with E-state index in [1.807, 2.05) is 6.92 Å². The van der Waals surface area contributed by atoms with Crippen LogP contribution in [0.5, 0.6) is 5.75 Å². The van der Waals surface area contributed by atoms with Crippen molar-refractivity contribution >= 4 is 63.8 Å². The quantitative estimate of drug-likeness (QED) is 0.511. The Kier molecular flexibility index (Phi) is 6.37. The molecule has 0 atom stereocenters. The van der Waals surface area contributed by atoms with Crippen LogP contribution in [-0.2, 0) is 11.3 Å². The Bertz CT molecular complexity index is 929. The minimum atomic E-state index is -0.376. The largest absolute Gasteiger partial charge is 0.492 e. The van der Waals surface area contributed by atoms with E-state index in [1.165, 1.54) is 4.90 Å². The Hall–Kier alpha value is -1.66. The summed E-state index contributed by atoms with van der Waals surface area (Å²) in [5.74, 6) is 0.0477. The van der Waals surface area contributed by atoms with E-state index in [2.05, 4.69) is 0 Å². The van der Waals surface area contributed by atoms with Crippen LogP contribution in [0.1, 0.15) is 18.1 Å². The molecule has 8 heteroatoms.